The molecular weight excluding hydrogens is 192 g/mol. The van der Waals surface area contributed by atoms with Gasteiger partial charge in [-0.15, -0.1) is 10.2 Å². The molecule has 15 heavy (non-hydrogen) atoms. The number of aromatic amines is 1. The van der Waals surface area contributed by atoms with Crippen LogP contribution in [0.2, 0.25) is 0 Å². The van der Waals surface area contributed by atoms with Crippen LogP contribution in [0, 0.1) is 0 Å². The first-order valence-electron chi connectivity index (χ1n) is 4.43. The van der Waals surface area contributed by atoms with Crippen LogP contribution in [0.1, 0.15) is 0 Å². The summed E-state index contributed by atoms with van der Waals surface area (Å²) in [5, 5.41) is 7.91. The number of nitrogens with zero attached hydrogens (tertiary/aromatic N) is 3. The Hall–Kier alpha value is -2.17. The highest BCUT2D eigenvalue weighted by Crippen LogP contribution is 2.19. The van der Waals surface area contributed by atoms with Crippen LogP contribution in [0.4, 0.5) is 11.6 Å². The molecule has 1 aromatic carbocycles. The molecule has 0 radical (unpaired) electrons. The predicted molar refractivity (Wildman–Crippen MR) is 55.8 cm³/mol. The third kappa shape index (κ3) is 2.40. The van der Waals surface area contributed by atoms with Gasteiger partial charge in [0.15, 0.2) is 0 Å². The number of aromatic nitrogens is 2. The Balaban J connectivity index is 2.11. The van der Waals surface area contributed by atoms with Gasteiger partial charge in [-0.2, -0.15) is 0 Å². The Kier molecular flexibility index (Phi) is 2.73. The first-order valence-corrected chi connectivity index (χ1v) is 4.43. The van der Waals surface area contributed by atoms with Crippen molar-refractivity contribution >= 4 is 11.6 Å². The summed E-state index contributed by atoms with van der Waals surface area (Å²) >= 11 is 0. The lowest BCUT2D eigenvalue weighted by Gasteiger charge is -1.97. The zero-order chi connectivity index (χ0) is 10.5. The highest BCUT2D eigenvalue weighted by molar-refractivity contribution is 5.40. The molecule has 5 heteroatoms. The van der Waals surface area contributed by atoms with Gasteiger partial charge < -0.3 is 9.72 Å². The Morgan fingerprint density at radius 3 is 2.60 bits per heavy atom. The fourth-order valence-corrected chi connectivity index (χ4v) is 1.07. The van der Waals surface area contributed by atoms with Crippen molar-refractivity contribution in [2.75, 3.05) is 7.11 Å². The first-order chi connectivity index (χ1) is 7.38. The molecule has 0 aliphatic rings. The number of rotatable bonds is 3. The van der Waals surface area contributed by atoms with Crippen LogP contribution in [0.3, 0.4) is 0 Å². The molecule has 0 saturated carbocycles. The number of H-pyrrole nitrogens is 1. The van der Waals surface area contributed by atoms with E-state index in [0.29, 0.717) is 5.95 Å². The smallest absolute Gasteiger partial charge is 0.246 e. The first kappa shape index (κ1) is 9.39. The summed E-state index contributed by atoms with van der Waals surface area (Å²) in [7, 11) is 1.62. The van der Waals surface area contributed by atoms with E-state index >= 15 is 0 Å². The normalized spacial score (nSPS) is 10.7. The number of imidazole rings is 1. The summed E-state index contributed by atoms with van der Waals surface area (Å²) < 4.78 is 5.03. The lowest BCUT2D eigenvalue weighted by Crippen LogP contribution is -1.79. The highest BCUT2D eigenvalue weighted by Gasteiger charge is 1.92. The standard InChI is InChI=1S/C10H10N4O/c1-15-9-4-2-8(3-5-9)13-14-10-11-6-7-12-10/h2-7H,1H3,(H,11,12)/b14-13+. The van der Waals surface area contributed by atoms with E-state index in [2.05, 4.69) is 20.2 Å². The average Bonchev–Trinajstić information content (AvgIpc) is 2.80. The lowest BCUT2D eigenvalue weighted by atomic mass is 10.3. The van der Waals surface area contributed by atoms with Crippen LogP contribution in [-0.4, -0.2) is 17.1 Å². The zero-order valence-electron chi connectivity index (χ0n) is 8.21. The maximum atomic E-state index is 5.03. The number of hydrogen-bond acceptors (Lipinski definition) is 4. The van der Waals surface area contributed by atoms with Gasteiger partial charge in [0.1, 0.15) is 5.75 Å². The van der Waals surface area contributed by atoms with Crippen LogP contribution in [0.5, 0.6) is 5.75 Å². The second kappa shape index (κ2) is 4.36. The minimum absolute atomic E-state index is 0.491. The van der Waals surface area contributed by atoms with Gasteiger partial charge in [0.05, 0.1) is 12.8 Å². The van der Waals surface area contributed by atoms with Crippen molar-refractivity contribution in [3.63, 3.8) is 0 Å². The third-order valence-electron chi connectivity index (χ3n) is 1.82. The maximum Gasteiger partial charge on any atom is 0.246 e. The summed E-state index contributed by atoms with van der Waals surface area (Å²) in [4.78, 5) is 6.76. The summed E-state index contributed by atoms with van der Waals surface area (Å²) in [6, 6.07) is 7.31. The number of methoxy groups -OCH3 is 1. The van der Waals surface area contributed by atoms with E-state index in [-0.39, 0.29) is 0 Å². The van der Waals surface area contributed by atoms with Crippen molar-refractivity contribution in [1.29, 1.82) is 0 Å². The van der Waals surface area contributed by atoms with Gasteiger partial charge in [0.2, 0.25) is 5.95 Å². The number of ether oxygens (including phenoxy) is 1. The van der Waals surface area contributed by atoms with Gasteiger partial charge in [-0.05, 0) is 24.3 Å². The predicted octanol–water partition coefficient (Wildman–Crippen LogP) is 2.83. The second-order valence-corrected chi connectivity index (χ2v) is 2.81. The SMILES string of the molecule is COc1ccc(/N=N/c2ncc[nH]2)cc1. The summed E-state index contributed by atoms with van der Waals surface area (Å²) in [6.45, 7) is 0. The monoisotopic (exact) mass is 202 g/mol. The summed E-state index contributed by atoms with van der Waals surface area (Å²) in [5.41, 5.74) is 0.757. The van der Waals surface area contributed by atoms with Gasteiger partial charge >= 0.3 is 0 Å². The van der Waals surface area contributed by atoms with E-state index in [4.69, 9.17) is 4.74 Å². The van der Waals surface area contributed by atoms with Gasteiger partial charge in [-0.3, -0.25) is 0 Å². The van der Waals surface area contributed by atoms with Gasteiger partial charge in [0, 0.05) is 12.4 Å². The minimum Gasteiger partial charge on any atom is -0.497 e. The molecule has 0 unspecified atom stereocenters. The number of benzene rings is 1. The van der Waals surface area contributed by atoms with E-state index in [1.165, 1.54) is 0 Å². The second-order valence-electron chi connectivity index (χ2n) is 2.81. The molecule has 0 amide bonds. The Labute approximate surface area is 86.8 Å². The number of nitrogens with one attached hydrogen (secondary N) is 1. The fraction of sp³-hybridized carbons (Fsp3) is 0.100. The molecule has 2 aromatic rings. The molecule has 0 atom stereocenters. The highest BCUT2D eigenvalue weighted by atomic mass is 16.5. The molecule has 5 nitrogen and oxygen atoms in total. The van der Waals surface area contributed by atoms with Crippen LogP contribution >= 0.6 is 0 Å². The van der Waals surface area contributed by atoms with Crippen molar-refractivity contribution < 1.29 is 4.74 Å². The largest absolute Gasteiger partial charge is 0.497 e. The molecule has 1 heterocycles. The topological polar surface area (TPSA) is 62.6 Å². The quantitative estimate of drug-likeness (QED) is 0.778. The van der Waals surface area contributed by atoms with Crippen LogP contribution in [0.25, 0.3) is 0 Å². The Morgan fingerprint density at radius 1 is 1.20 bits per heavy atom. The Bertz CT molecular complexity index is 433. The van der Waals surface area contributed by atoms with Gasteiger partial charge in [-0.25, -0.2) is 4.98 Å². The molecule has 0 aliphatic carbocycles. The van der Waals surface area contributed by atoms with Gasteiger partial charge in [0.25, 0.3) is 0 Å². The molecular formula is C10H10N4O. The summed E-state index contributed by atoms with van der Waals surface area (Å²) in [5.74, 6) is 1.29. The Morgan fingerprint density at radius 2 is 2.00 bits per heavy atom. The molecule has 0 spiro atoms. The summed E-state index contributed by atoms with van der Waals surface area (Å²) in [6.07, 6.45) is 3.32. The van der Waals surface area contributed by atoms with E-state index in [1.807, 2.05) is 24.3 Å². The van der Waals surface area contributed by atoms with Crippen molar-refractivity contribution in [3.05, 3.63) is 36.7 Å². The average molecular weight is 202 g/mol. The number of azo groups is 1. The maximum absolute atomic E-state index is 5.03. The van der Waals surface area contributed by atoms with Crippen LogP contribution in [-0.2, 0) is 0 Å². The molecule has 0 saturated heterocycles. The van der Waals surface area contributed by atoms with Crippen LogP contribution in [0.15, 0.2) is 46.9 Å². The third-order valence-corrected chi connectivity index (χ3v) is 1.82. The van der Waals surface area contributed by atoms with Crippen molar-refractivity contribution in [2.45, 2.75) is 0 Å². The van der Waals surface area contributed by atoms with E-state index < -0.39 is 0 Å². The van der Waals surface area contributed by atoms with E-state index in [1.54, 1.807) is 19.5 Å². The van der Waals surface area contributed by atoms with Crippen molar-refractivity contribution in [3.8, 4) is 5.75 Å². The molecule has 0 bridgehead atoms. The van der Waals surface area contributed by atoms with Crippen molar-refractivity contribution in [2.24, 2.45) is 10.2 Å². The van der Waals surface area contributed by atoms with Gasteiger partial charge in [-0.1, -0.05) is 0 Å². The molecule has 1 aromatic heterocycles. The van der Waals surface area contributed by atoms with Crippen molar-refractivity contribution in [1.82, 2.24) is 9.97 Å². The lowest BCUT2D eigenvalue weighted by molar-refractivity contribution is 0.415. The van der Waals surface area contributed by atoms with Crippen LogP contribution < -0.4 is 4.74 Å². The minimum atomic E-state index is 0.491. The van der Waals surface area contributed by atoms with E-state index in [9.17, 15) is 0 Å². The molecule has 0 fully saturated rings. The molecule has 2 rings (SSSR count). The molecule has 76 valence electrons. The molecule has 0 aliphatic heterocycles. The number of hydrogen-bond donors (Lipinski definition) is 1. The fourth-order valence-electron chi connectivity index (χ4n) is 1.07. The molecule has 1 N–H and O–H groups in total. The zero-order valence-corrected chi connectivity index (χ0v) is 8.21. The van der Waals surface area contributed by atoms with E-state index in [0.717, 1.165) is 11.4 Å².